The monoisotopic (exact) mass is 487 g/mol. The Morgan fingerprint density at radius 1 is 1.33 bits per heavy atom. The molecule has 4 unspecified atom stereocenters. The van der Waals surface area contributed by atoms with E-state index in [1.807, 2.05) is 0 Å². The summed E-state index contributed by atoms with van der Waals surface area (Å²) in [6.45, 7) is 3.82. The van der Waals surface area contributed by atoms with Gasteiger partial charge in [-0.25, -0.2) is 8.78 Å². The summed E-state index contributed by atoms with van der Waals surface area (Å²) in [5.74, 6) is -1.74. The third-order valence-corrected chi connectivity index (χ3v) is 6.29. The van der Waals surface area contributed by atoms with Gasteiger partial charge < -0.3 is 10.4 Å². The van der Waals surface area contributed by atoms with E-state index in [1.54, 1.807) is 59.0 Å². The Labute approximate surface area is 133 Å². The summed E-state index contributed by atoms with van der Waals surface area (Å²) < 4.78 is 25.0. The Morgan fingerprint density at radius 2 is 1.78 bits per heavy atom. The zero-order valence-corrected chi connectivity index (χ0v) is 14.5. The minimum absolute atomic E-state index is 0.275. The van der Waals surface area contributed by atoms with Gasteiger partial charge in [0.1, 0.15) is 6.04 Å². The number of alkyl halides is 4. The maximum Gasteiger partial charge on any atom is 0.320 e. The van der Waals surface area contributed by atoms with Crippen molar-refractivity contribution in [1.29, 1.82) is 0 Å². The van der Waals surface area contributed by atoms with E-state index in [0.29, 0.717) is 6.54 Å². The van der Waals surface area contributed by atoms with E-state index in [2.05, 4.69) is 5.32 Å². The molecule has 0 aromatic rings. The average molecular weight is 487 g/mol. The fourth-order valence-electron chi connectivity index (χ4n) is 2.62. The van der Waals surface area contributed by atoms with E-state index < -0.39 is 37.6 Å². The Morgan fingerprint density at radius 3 is 2.06 bits per heavy atom. The number of hydrogen-bond donors (Lipinski definition) is 2. The van der Waals surface area contributed by atoms with Crippen molar-refractivity contribution in [2.24, 2.45) is 17.3 Å². The van der Waals surface area contributed by atoms with Crippen molar-refractivity contribution < 1.29 is 18.7 Å². The molecule has 106 valence electrons. The lowest BCUT2D eigenvalue weighted by Gasteiger charge is -2.41. The van der Waals surface area contributed by atoms with Crippen molar-refractivity contribution >= 4 is 51.2 Å². The highest BCUT2D eigenvalue weighted by atomic mass is 127. The van der Waals surface area contributed by atoms with Crippen LogP contribution < -0.4 is 5.32 Å². The molecule has 1 aliphatic rings. The Balaban J connectivity index is 3.01. The summed E-state index contributed by atoms with van der Waals surface area (Å²) in [7, 11) is 0. The van der Waals surface area contributed by atoms with Gasteiger partial charge in [-0.2, -0.15) is 0 Å². The number of carboxylic acids is 1. The summed E-state index contributed by atoms with van der Waals surface area (Å²) in [5, 5.41) is 11.9. The van der Waals surface area contributed by atoms with Crippen LogP contribution in [0.3, 0.4) is 0 Å². The van der Waals surface area contributed by atoms with Gasteiger partial charge in [0.2, 0.25) is 0 Å². The lowest BCUT2D eigenvalue weighted by molar-refractivity contribution is -0.139. The molecule has 1 fully saturated rings. The summed E-state index contributed by atoms with van der Waals surface area (Å²) in [6.07, 6.45) is 0.275. The number of halogens is 4. The van der Waals surface area contributed by atoms with Crippen LogP contribution in [0.1, 0.15) is 20.3 Å². The zero-order chi connectivity index (χ0) is 14.1. The fourth-order valence-corrected chi connectivity index (χ4v) is 4.05. The SMILES string of the molecule is CC(C(F)I)C1(C(C)C(F)I)CN[C@H](C(=O)O)C1. The average Bonchev–Trinajstić information content (AvgIpc) is 2.72. The number of hydrogen-bond acceptors (Lipinski definition) is 2. The van der Waals surface area contributed by atoms with E-state index >= 15 is 0 Å². The first-order valence-electron chi connectivity index (χ1n) is 5.75. The zero-order valence-electron chi connectivity index (χ0n) is 10.2. The summed E-state index contributed by atoms with van der Waals surface area (Å²) in [6, 6.07) is -0.708. The molecule has 0 amide bonds. The molecule has 7 heteroatoms. The normalized spacial score (nSPS) is 34.9. The van der Waals surface area contributed by atoms with Gasteiger partial charge in [-0.3, -0.25) is 4.79 Å². The summed E-state index contributed by atoms with van der Waals surface area (Å²) in [5.41, 5.74) is -0.649. The second kappa shape index (κ2) is 6.47. The highest BCUT2D eigenvalue weighted by molar-refractivity contribution is 14.1. The van der Waals surface area contributed by atoms with Crippen LogP contribution in [-0.4, -0.2) is 32.0 Å². The fraction of sp³-hybridized carbons (Fsp3) is 0.909. The smallest absolute Gasteiger partial charge is 0.320 e. The van der Waals surface area contributed by atoms with Crippen molar-refractivity contribution in [1.82, 2.24) is 5.32 Å². The van der Waals surface area contributed by atoms with Gasteiger partial charge in [0.15, 0.2) is 8.36 Å². The minimum atomic E-state index is -1.12. The molecule has 0 aliphatic carbocycles. The maximum atomic E-state index is 13.6. The molecule has 0 radical (unpaired) electrons. The van der Waals surface area contributed by atoms with E-state index in [1.165, 1.54) is 0 Å². The van der Waals surface area contributed by atoms with Crippen LogP contribution in [0, 0.1) is 17.3 Å². The first kappa shape index (κ1) is 16.8. The van der Waals surface area contributed by atoms with Gasteiger partial charge in [-0.05, 0) is 57.0 Å². The maximum absolute atomic E-state index is 13.6. The second-order valence-corrected chi connectivity index (χ2v) is 7.34. The highest BCUT2D eigenvalue weighted by Gasteiger charge is 2.52. The number of aliphatic carboxylic acids is 1. The number of rotatable bonds is 5. The van der Waals surface area contributed by atoms with Crippen LogP contribution in [-0.2, 0) is 4.79 Å². The van der Waals surface area contributed by atoms with Crippen molar-refractivity contribution in [3.8, 4) is 0 Å². The molecule has 1 aliphatic heterocycles. The number of carboxylic acid groups (broad SMARTS) is 1. The first-order chi connectivity index (χ1) is 8.22. The molecule has 1 saturated heterocycles. The van der Waals surface area contributed by atoms with Gasteiger partial charge in [-0.15, -0.1) is 0 Å². The van der Waals surface area contributed by atoms with Crippen LogP contribution in [0.4, 0.5) is 8.78 Å². The van der Waals surface area contributed by atoms with Crippen LogP contribution >= 0.6 is 45.2 Å². The van der Waals surface area contributed by atoms with Crippen molar-refractivity contribution in [2.45, 2.75) is 34.7 Å². The highest BCUT2D eigenvalue weighted by Crippen LogP contribution is 2.49. The van der Waals surface area contributed by atoms with Gasteiger partial charge in [0.25, 0.3) is 0 Å². The quantitative estimate of drug-likeness (QED) is 0.463. The van der Waals surface area contributed by atoms with Crippen LogP contribution in [0.15, 0.2) is 0 Å². The number of carbonyl (C=O) groups is 1. The first-order valence-corrected chi connectivity index (χ1v) is 8.24. The third-order valence-electron chi connectivity index (χ3n) is 4.13. The van der Waals surface area contributed by atoms with Gasteiger partial charge in [-0.1, -0.05) is 13.8 Å². The Hall–Kier alpha value is 0.750. The molecule has 0 spiro atoms. The molecule has 18 heavy (non-hydrogen) atoms. The lowest BCUT2D eigenvalue weighted by atomic mass is 9.67. The molecule has 0 aromatic heterocycles. The van der Waals surface area contributed by atoms with Crippen molar-refractivity contribution in [3.05, 3.63) is 0 Å². The van der Waals surface area contributed by atoms with Crippen LogP contribution in [0.2, 0.25) is 0 Å². The Kier molecular flexibility index (Phi) is 6.04. The molecule has 3 nitrogen and oxygen atoms in total. The van der Waals surface area contributed by atoms with E-state index in [9.17, 15) is 13.6 Å². The van der Waals surface area contributed by atoms with E-state index in [0.717, 1.165) is 0 Å². The van der Waals surface area contributed by atoms with Crippen molar-refractivity contribution in [3.63, 3.8) is 0 Å². The minimum Gasteiger partial charge on any atom is -0.480 e. The van der Waals surface area contributed by atoms with Crippen molar-refractivity contribution in [2.75, 3.05) is 6.54 Å². The summed E-state index contributed by atoms with van der Waals surface area (Å²) >= 11 is 3.37. The predicted molar refractivity (Wildman–Crippen MR) is 82.6 cm³/mol. The predicted octanol–water partition coefficient (Wildman–Crippen LogP) is 3.15. The third kappa shape index (κ3) is 3.25. The lowest BCUT2D eigenvalue weighted by Crippen LogP contribution is -2.43. The molecule has 5 atom stereocenters. The van der Waals surface area contributed by atoms with Crippen LogP contribution in [0.5, 0.6) is 0 Å². The second-order valence-electron chi connectivity index (χ2n) is 4.96. The molecule has 1 heterocycles. The van der Waals surface area contributed by atoms with Gasteiger partial charge >= 0.3 is 5.97 Å². The molecular weight excluding hydrogens is 470 g/mol. The number of nitrogens with one attached hydrogen (secondary N) is 1. The van der Waals surface area contributed by atoms with Gasteiger partial charge in [0.05, 0.1) is 0 Å². The van der Waals surface area contributed by atoms with Gasteiger partial charge in [0, 0.05) is 18.4 Å². The Bertz CT molecular complexity index is 301. The van der Waals surface area contributed by atoms with E-state index in [4.69, 9.17) is 5.11 Å². The molecule has 2 N–H and O–H groups in total. The van der Waals surface area contributed by atoms with Crippen LogP contribution in [0.25, 0.3) is 0 Å². The molecule has 0 aromatic carbocycles. The summed E-state index contributed by atoms with van der Waals surface area (Å²) in [4.78, 5) is 11.0. The molecule has 0 bridgehead atoms. The molecular formula is C11H17F2I2NO2. The topological polar surface area (TPSA) is 49.3 Å². The van der Waals surface area contributed by atoms with E-state index in [-0.39, 0.29) is 6.42 Å². The standard InChI is InChI=1S/C11H17F2I2NO2/c1-5(8(12)14)11(6(2)9(13)15)3-7(10(17)18)16-4-11/h5-9,16H,3-4H2,1-2H3,(H,17,18)/t5?,6?,7-,8?,9?,11?/m0/s1. The largest absolute Gasteiger partial charge is 0.480 e. The molecule has 0 saturated carbocycles. The molecule has 1 rings (SSSR count).